The molecule has 2 aliphatic rings. The van der Waals surface area contributed by atoms with Gasteiger partial charge in [0, 0.05) is 39.3 Å². The summed E-state index contributed by atoms with van der Waals surface area (Å²) >= 11 is 3.05. The maximum atomic E-state index is 14.4. The van der Waals surface area contributed by atoms with Gasteiger partial charge in [-0.15, -0.1) is 23.1 Å². The number of ketones is 2. The van der Waals surface area contributed by atoms with Gasteiger partial charge >= 0.3 is 0 Å². The van der Waals surface area contributed by atoms with Crippen molar-refractivity contribution in [3.63, 3.8) is 0 Å². The van der Waals surface area contributed by atoms with Crippen LogP contribution in [-0.4, -0.2) is 41.2 Å². The number of aromatic nitrogens is 3. The number of thiazole rings is 1. The van der Waals surface area contributed by atoms with Gasteiger partial charge in [0.05, 0.1) is 28.6 Å². The van der Waals surface area contributed by atoms with E-state index >= 15 is 0 Å². The molecule has 2 aromatic heterocycles. The fraction of sp³-hybridized carbons (Fsp3) is 0.278. The van der Waals surface area contributed by atoms with E-state index in [9.17, 15) is 23.5 Å². The second-order valence-corrected chi connectivity index (χ2v) is 14.6. The summed E-state index contributed by atoms with van der Waals surface area (Å²) in [5.41, 5.74) is 12.2. The third kappa shape index (κ3) is 5.60. The van der Waals surface area contributed by atoms with Crippen molar-refractivity contribution in [2.24, 2.45) is 5.73 Å². The average molecular weight is 671 g/mol. The number of carbonyl (C=O) groups is 2. The minimum Gasteiger partial charge on any atom is -0.402 e. The fourth-order valence-electron chi connectivity index (χ4n) is 6.90. The van der Waals surface area contributed by atoms with E-state index in [1.165, 1.54) is 24.3 Å². The standard InChI is InChI=1S/C36H32F2N4O3S2/c1-19(39)32(20(2)44)24-11-13-30-28(15-24)40-34(42(30)35-41-29(18-46-35)23-9-6-21(17-43)7-10-23)25-4-3-5-31(45)33-36(25,47-33)16-22-8-12-26(37)27(38)14-22/h6-15,18,25,33,43H,3-5,16-17,39H2,1-2H3/t25-,33?,36?/m0/s1. The van der Waals surface area contributed by atoms with Gasteiger partial charge in [-0.05, 0) is 74.1 Å². The molecule has 1 aliphatic heterocycles. The number of hydrogen-bond acceptors (Lipinski definition) is 8. The summed E-state index contributed by atoms with van der Waals surface area (Å²) in [5, 5.41) is 11.9. The Hall–Kier alpha value is -4.19. The van der Waals surface area contributed by atoms with E-state index in [0.29, 0.717) is 58.7 Å². The molecule has 1 saturated carbocycles. The molecule has 5 aromatic rings. The number of halogens is 2. The zero-order valence-electron chi connectivity index (χ0n) is 25.8. The van der Waals surface area contributed by atoms with Crippen molar-refractivity contribution in [1.82, 2.24) is 14.5 Å². The van der Waals surface area contributed by atoms with Crippen LogP contribution in [0.3, 0.4) is 0 Å². The van der Waals surface area contributed by atoms with Gasteiger partial charge in [0.2, 0.25) is 0 Å². The minimum atomic E-state index is -0.913. The molecule has 0 radical (unpaired) electrons. The molecule has 3 heterocycles. The number of hydrogen-bond donors (Lipinski definition) is 2. The number of imidazole rings is 1. The smallest absolute Gasteiger partial charge is 0.196 e. The number of thioether (sulfide) groups is 1. The average Bonchev–Trinajstić information content (AvgIpc) is 3.40. The summed E-state index contributed by atoms with van der Waals surface area (Å²) in [4.78, 5) is 36.1. The molecular weight excluding hydrogens is 639 g/mol. The van der Waals surface area contributed by atoms with Gasteiger partial charge < -0.3 is 10.8 Å². The molecule has 0 amide bonds. The van der Waals surface area contributed by atoms with Crippen LogP contribution < -0.4 is 5.73 Å². The van der Waals surface area contributed by atoms with Crippen LogP contribution in [0.15, 0.2) is 71.7 Å². The van der Waals surface area contributed by atoms with E-state index in [2.05, 4.69) is 0 Å². The SMILES string of the molecule is CC(=O)C(=C(C)N)c1ccc2c(c1)nc([C@@H]1CCCC(=O)C3SC31Cc1ccc(F)c(F)c1)n2-c1nc(-c2ccc(CO)cc2)cs1. The third-order valence-corrected chi connectivity index (χ3v) is 11.7. The van der Waals surface area contributed by atoms with Crippen LogP contribution in [0.1, 0.15) is 61.5 Å². The Kier molecular flexibility index (Phi) is 8.10. The van der Waals surface area contributed by atoms with Crippen molar-refractivity contribution in [1.29, 1.82) is 0 Å². The molecule has 1 aliphatic carbocycles. The Morgan fingerprint density at radius 3 is 2.51 bits per heavy atom. The molecule has 7 rings (SSSR count). The Morgan fingerprint density at radius 2 is 1.81 bits per heavy atom. The molecule has 11 heteroatoms. The lowest BCUT2D eigenvalue weighted by atomic mass is 9.82. The van der Waals surface area contributed by atoms with E-state index in [1.54, 1.807) is 24.8 Å². The predicted molar refractivity (Wildman–Crippen MR) is 181 cm³/mol. The van der Waals surface area contributed by atoms with Crippen LogP contribution in [0.5, 0.6) is 0 Å². The zero-order chi connectivity index (χ0) is 33.0. The Bertz CT molecular complexity index is 2080. The lowest BCUT2D eigenvalue weighted by Crippen LogP contribution is -2.30. The number of Topliss-reactive ketones (excluding diaryl/α,β-unsaturated/α-hetero) is 2. The predicted octanol–water partition coefficient (Wildman–Crippen LogP) is 7.13. The normalized spacial score (nSPS) is 21.3. The number of fused-ring (bicyclic) bond motifs is 2. The Labute approximate surface area is 278 Å². The molecule has 2 fully saturated rings. The van der Waals surface area contributed by atoms with Crippen molar-refractivity contribution in [3.05, 3.63) is 106 Å². The number of carbonyl (C=O) groups excluding carboxylic acids is 2. The minimum absolute atomic E-state index is 0.0472. The summed E-state index contributed by atoms with van der Waals surface area (Å²) in [6.07, 6.45) is 2.19. The fourth-order valence-corrected chi connectivity index (χ4v) is 9.39. The second kappa shape index (κ2) is 12.1. The molecule has 2 unspecified atom stereocenters. The molecule has 240 valence electrons. The highest BCUT2D eigenvalue weighted by Gasteiger charge is 2.65. The van der Waals surface area contributed by atoms with E-state index in [0.717, 1.165) is 34.2 Å². The van der Waals surface area contributed by atoms with Crippen molar-refractivity contribution in [2.75, 3.05) is 0 Å². The lowest BCUT2D eigenvalue weighted by molar-refractivity contribution is -0.118. The Morgan fingerprint density at radius 1 is 1.04 bits per heavy atom. The summed E-state index contributed by atoms with van der Waals surface area (Å²) < 4.78 is 29.7. The number of benzene rings is 3. The van der Waals surface area contributed by atoms with Crippen LogP contribution in [0.25, 0.3) is 33.0 Å². The highest BCUT2D eigenvalue weighted by Crippen LogP contribution is 2.66. The molecule has 3 N–H and O–H groups in total. The summed E-state index contributed by atoms with van der Waals surface area (Å²) in [6.45, 7) is 3.14. The second-order valence-electron chi connectivity index (χ2n) is 12.3. The molecule has 7 nitrogen and oxygen atoms in total. The summed E-state index contributed by atoms with van der Waals surface area (Å²) in [7, 11) is 0. The van der Waals surface area contributed by atoms with Gasteiger partial charge in [0.25, 0.3) is 0 Å². The first-order valence-corrected chi connectivity index (χ1v) is 17.2. The number of allylic oxidation sites excluding steroid dienone is 2. The molecule has 1 saturated heterocycles. The number of aliphatic hydroxyl groups excluding tert-OH is 1. The van der Waals surface area contributed by atoms with Crippen LogP contribution >= 0.6 is 23.1 Å². The van der Waals surface area contributed by atoms with E-state index in [1.807, 2.05) is 52.4 Å². The molecule has 3 atom stereocenters. The highest BCUT2D eigenvalue weighted by molar-refractivity contribution is 8.09. The number of aliphatic hydroxyl groups is 1. The first kappa shape index (κ1) is 31.4. The van der Waals surface area contributed by atoms with Gasteiger partial charge in [-0.25, -0.2) is 18.7 Å². The number of rotatable bonds is 8. The van der Waals surface area contributed by atoms with Crippen LogP contribution in [0.4, 0.5) is 8.78 Å². The van der Waals surface area contributed by atoms with Crippen LogP contribution in [-0.2, 0) is 22.6 Å². The highest BCUT2D eigenvalue weighted by atomic mass is 32.2. The van der Waals surface area contributed by atoms with Gasteiger partial charge in [-0.1, -0.05) is 36.4 Å². The lowest BCUT2D eigenvalue weighted by Gasteiger charge is -2.25. The topological polar surface area (TPSA) is 111 Å². The first-order chi connectivity index (χ1) is 22.6. The maximum absolute atomic E-state index is 14.4. The zero-order valence-corrected chi connectivity index (χ0v) is 27.4. The van der Waals surface area contributed by atoms with E-state index < -0.39 is 16.4 Å². The maximum Gasteiger partial charge on any atom is 0.196 e. The first-order valence-electron chi connectivity index (χ1n) is 15.4. The number of nitrogens with two attached hydrogens (primary N) is 1. The van der Waals surface area contributed by atoms with Crippen molar-refractivity contribution >= 4 is 51.3 Å². The molecule has 0 spiro atoms. The summed E-state index contributed by atoms with van der Waals surface area (Å²) in [5.74, 6) is -1.27. The van der Waals surface area contributed by atoms with Crippen molar-refractivity contribution in [2.45, 2.75) is 62.1 Å². The van der Waals surface area contributed by atoms with Gasteiger partial charge in [0.15, 0.2) is 22.5 Å². The van der Waals surface area contributed by atoms with Gasteiger partial charge in [-0.2, -0.15) is 0 Å². The Balaban J connectivity index is 1.40. The van der Waals surface area contributed by atoms with Crippen molar-refractivity contribution < 1.29 is 23.5 Å². The van der Waals surface area contributed by atoms with E-state index in [-0.39, 0.29) is 29.3 Å². The van der Waals surface area contributed by atoms with Crippen molar-refractivity contribution in [3.8, 4) is 16.4 Å². The van der Waals surface area contributed by atoms with Crippen LogP contribution in [0, 0.1) is 11.6 Å². The third-order valence-electron chi connectivity index (χ3n) is 9.13. The van der Waals surface area contributed by atoms with Gasteiger partial charge in [0.1, 0.15) is 11.6 Å². The molecule has 0 bridgehead atoms. The molecule has 3 aromatic carbocycles. The number of nitrogens with zero attached hydrogens (tertiary/aromatic N) is 3. The quantitative estimate of drug-likeness (QED) is 0.134. The van der Waals surface area contributed by atoms with E-state index in [4.69, 9.17) is 15.7 Å². The molecule has 47 heavy (non-hydrogen) atoms. The largest absolute Gasteiger partial charge is 0.402 e. The van der Waals surface area contributed by atoms with Crippen LogP contribution in [0.2, 0.25) is 0 Å². The monoisotopic (exact) mass is 670 g/mol. The van der Waals surface area contributed by atoms with Gasteiger partial charge in [-0.3, -0.25) is 14.2 Å². The molecular formula is C36H32F2N4O3S2. The summed E-state index contributed by atoms with van der Waals surface area (Å²) in [6, 6.07) is 17.2.